The summed E-state index contributed by atoms with van der Waals surface area (Å²) < 4.78 is 26.7. The predicted molar refractivity (Wildman–Crippen MR) is 82.0 cm³/mol. The van der Waals surface area contributed by atoms with Crippen molar-refractivity contribution in [1.82, 2.24) is 9.62 Å². The number of benzene rings is 1. The zero-order valence-electron chi connectivity index (χ0n) is 11.0. The van der Waals surface area contributed by atoms with E-state index in [1.807, 2.05) is 0 Å². The molecule has 0 bridgehead atoms. The molecule has 2 atom stereocenters. The van der Waals surface area contributed by atoms with Gasteiger partial charge in [-0.25, -0.2) is 8.42 Å². The van der Waals surface area contributed by atoms with Crippen LogP contribution in [0, 0.1) is 5.92 Å². The molecule has 1 aromatic rings. The maximum absolute atomic E-state index is 12.5. The fourth-order valence-electron chi connectivity index (χ4n) is 2.99. The fraction of sp³-hybridized carbons (Fsp3) is 0.538. The summed E-state index contributed by atoms with van der Waals surface area (Å²) in [7, 11) is -3.37. The summed E-state index contributed by atoms with van der Waals surface area (Å²) in [6, 6.07) is 6.90. The standard InChI is InChI=1S/C13H17ClN2O2S.ClH/c14-11-1-3-12(4-2-11)19(17,18)16-8-6-13-10(9-16)5-7-15-13;/h1-4,10,13,15H,5-9H2;1H. The van der Waals surface area contributed by atoms with Crippen molar-refractivity contribution in [3.63, 3.8) is 0 Å². The molecule has 2 aliphatic heterocycles. The molecule has 4 nitrogen and oxygen atoms in total. The molecule has 2 heterocycles. The SMILES string of the molecule is Cl.O=S(=O)(c1ccc(Cl)cc1)N1CCC2NCCC2C1. The molecule has 0 amide bonds. The van der Waals surface area contributed by atoms with Crippen LogP contribution in [0.1, 0.15) is 12.8 Å². The predicted octanol–water partition coefficient (Wildman–Crippen LogP) is 2.13. The van der Waals surface area contributed by atoms with Crippen LogP contribution in [0.25, 0.3) is 0 Å². The van der Waals surface area contributed by atoms with Crippen LogP contribution in [0.15, 0.2) is 29.2 Å². The molecule has 2 fully saturated rings. The molecule has 2 aliphatic rings. The van der Waals surface area contributed by atoms with Crippen LogP contribution in [0.3, 0.4) is 0 Å². The Balaban J connectivity index is 0.00000147. The second-order valence-electron chi connectivity index (χ2n) is 5.22. The molecule has 20 heavy (non-hydrogen) atoms. The van der Waals surface area contributed by atoms with Gasteiger partial charge < -0.3 is 5.32 Å². The molecule has 0 aromatic heterocycles. The number of hydrogen-bond donors (Lipinski definition) is 1. The molecule has 1 aromatic carbocycles. The molecule has 112 valence electrons. The van der Waals surface area contributed by atoms with Crippen LogP contribution in [-0.4, -0.2) is 38.4 Å². The van der Waals surface area contributed by atoms with Gasteiger partial charge in [0, 0.05) is 24.2 Å². The molecule has 7 heteroatoms. The van der Waals surface area contributed by atoms with Gasteiger partial charge in [0.2, 0.25) is 10.0 Å². The van der Waals surface area contributed by atoms with Crippen molar-refractivity contribution in [2.75, 3.05) is 19.6 Å². The van der Waals surface area contributed by atoms with Gasteiger partial charge in [-0.05, 0) is 49.6 Å². The summed E-state index contributed by atoms with van der Waals surface area (Å²) in [4.78, 5) is 0.335. The van der Waals surface area contributed by atoms with E-state index in [-0.39, 0.29) is 12.4 Å². The number of hydrogen-bond acceptors (Lipinski definition) is 3. The van der Waals surface area contributed by atoms with Crippen molar-refractivity contribution in [3.05, 3.63) is 29.3 Å². The number of fused-ring (bicyclic) bond motifs is 1. The Morgan fingerprint density at radius 2 is 1.90 bits per heavy atom. The largest absolute Gasteiger partial charge is 0.314 e. The van der Waals surface area contributed by atoms with Crippen LogP contribution in [0.5, 0.6) is 0 Å². The molecule has 0 spiro atoms. The number of nitrogens with zero attached hydrogens (tertiary/aromatic N) is 1. The van der Waals surface area contributed by atoms with E-state index in [4.69, 9.17) is 11.6 Å². The van der Waals surface area contributed by atoms with Crippen LogP contribution < -0.4 is 5.32 Å². The minimum Gasteiger partial charge on any atom is -0.314 e. The number of piperidine rings is 1. The molecular weight excluding hydrogens is 319 g/mol. The van der Waals surface area contributed by atoms with E-state index in [2.05, 4.69) is 5.32 Å². The van der Waals surface area contributed by atoms with Crippen LogP contribution in [0.2, 0.25) is 5.02 Å². The average Bonchev–Trinajstić information content (AvgIpc) is 2.86. The van der Waals surface area contributed by atoms with Crippen molar-refractivity contribution in [2.45, 2.75) is 23.8 Å². The zero-order valence-corrected chi connectivity index (χ0v) is 13.3. The minimum atomic E-state index is -3.37. The van der Waals surface area contributed by atoms with E-state index in [9.17, 15) is 8.42 Å². The highest BCUT2D eigenvalue weighted by Gasteiger charge is 2.37. The average molecular weight is 337 g/mol. The summed E-state index contributed by atoms with van der Waals surface area (Å²) in [6.07, 6.45) is 1.97. The van der Waals surface area contributed by atoms with Gasteiger partial charge in [-0.3, -0.25) is 0 Å². The Hall–Kier alpha value is -0.330. The second kappa shape index (κ2) is 6.20. The molecule has 0 aliphatic carbocycles. The number of halogens is 2. The molecule has 0 radical (unpaired) electrons. The molecule has 2 unspecified atom stereocenters. The van der Waals surface area contributed by atoms with Gasteiger partial charge in [-0.1, -0.05) is 11.6 Å². The smallest absolute Gasteiger partial charge is 0.243 e. The highest BCUT2D eigenvalue weighted by molar-refractivity contribution is 7.89. The first-order valence-corrected chi connectivity index (χ1v) is 8.38. The van der Waals surface area contributed by atoms with Gasteiger partial charge in [0.1, 0.15) is 0 Å². The van der Waals surface area contributed by atoms with E-state index in [1.165, 1.54) is 0 Å². The lowest BCUT2D eigenvalue weighted by molar-refractivity contribution is 0.247. The Bertz CT molecular complexity index is 562. The van der Waals surface area contributed by atoms with Gasteiger partial charge in [0.15, 0.2) is 0 Å². The summed E-state index contributed by atoms with van der Waals surface area (Å²) in [5, 5.41) is 3.99. The summed E-state index contributed by atoms with van der Waals surface area (Å²) >= 11 is 5.80. The number of rotatable bonds is 2. The molecule has 0 saturated carbocycles. The van der Waals surface area contributed by atoms with Crippen LogP contribution in [-0.2, 0) is 10.0 Å². The van der Waals surface area contributed by atoms with Gasteiger partial charge in [-0.2, -0.15) is 4.31 Å². The third kappa shape index (κ3) is 2.97. The van der Waals surface area contributed by atoms with Gasteiger partial charge in [0.05, 0.1) is 4.90 Å². The summed E-state index contributed by atoms with van der Waals surface area (Å²) in [5.74, 6) is 0.454. The van der Waals surface area contributed by atoms with Crippen molar-refractivity contribution in [3.8, 4) is 0 Å². The topological polar surface area (TPSA) is 49.4 Å². The monoisotopic (exact) mass is 336 g/mol. The van der Waals surface area contributed by atoms with Gasteiger partial charge in [-0.15, -0.1) is 12.4 Å². The van der Waals surface area contributed by atoms with Crippen molar-refractivity contribution in [2.24, 2.45) is 5.92 Å². The number of nitrogens with one attached hydrogen (secondary N) is 1. The lowest BCUT2D eigenvalue weighted by Crippen LogP contribution is -2.46. The minimum absolute atomic E-state index is 0. The van der Waals surface area contributed by atoms with E-state index >= 15 is 0 Å². The lowest BCUT2D eigenvalue weighted by Gasteiger charge is -2.33. The highest BCUT2D eigenvalue weighted by atomic mass is 35.5. The van der Waals surface area contributed by atoms with Gasteiger partial charge >= 0.3 is 0 Å². The first-order valence-electron chi connectivity index (χ1n) is 6.56. The Kier molecular flexibility index (Phi) is 4.97. The maximum atomic E-state index is 12.5. The fourth-order valence-corrected chi connectivity index (χ4v) is 4.63. The molecule has 1 N–H and O–H groups in total. The molecule has 2 saturated heterocycles. The second-order valence-corrected chi connectivity index (χ2v) is 7.59. The highest BCUT2D eigenvalue weighted by Crippen LogP contribution is 2.28. The Morgan fingerprint density at radius 3 is 2.60 bits per heavy atom. The molecular formula is C13H18Cl2N2O2S. The van der Waals surface area contributed by atoms with Crippen LogP contribution >= 0.6 is 24.0 Å². The Labute approximate surface area is 131 Å². The third-order valence-electron chi connectivity index (χ3n) is 4.07. The van der Waals surface area contributed by atoms with Crippen LogP contribution in [0.4, 0.5) is 0 Å². The van der Waals surface area contributed by atoms with E-state index in [0.29, 0.717) is 35.0 Å². The normalized spacial score (nSPS) is 26.9. The number of sulfonamides is 1. The quantitative estimate of drug-likeness (QED) is 0.900. The first-order chi connectivity index (χ1) is 9.07. The maximum Gasteiger partial charge on any atom is 0.243 e. The van der Waals surface area contributed by atoms with Crippen molar-refractivity contribution >= 4 is 34.0 Å². The third-order valence-corrected chi connectivity index (χ3v) is 6.20. The van der Waals surface area contributed by atoms with Crippen molar-refractivity contribution in [1.29, 1.82) is 0 Å². The van der Waals surface area contributed by atoms with E-state index in [0.717, 1.165) is 19.4 Å². The first kappa shape index (κ1) is 16.0. The summed E-state index contributed by atoms with van der Waals surface area (Å²) in [6.45, 7) is 2.23. The lowest BCUT2D eigenvalue weighted by atomic mass is 9.95. The van der Waals surface area contributed by atoms with E-state index < -0.39 is 10.0 Å². The molecule has 3 rings (SSSR count). The summed E-state index contributed by atoms with van der Waals surface area (Å²) in [5.41, 5.74) is 0. The van der Waals surface area contributed by atoms with E-state index in [1.54, 1.807) is 28.6 Å². The Morgan fingerprint density at radius 1 is 1.20 bits per heavy atom. The van der Waals surface area contributed by atoms with Gasteiger partial charge in [0.25, 0.3) is 0 Å². The zero-order chi connectivity index (χ0) is 13.5. The van der Waals surface area contributed by atoms with Crippen molar-refractivity contribution < 1.29 is 8.42 Å².